The molecule has 116 valence electrons. The van der Waals surface area contributed by atoms with E-state index in [9.17, 15) is 0 Å². The number of benzene rings is 1. The molecule has 0 radical (unpaired) electrons. The highest BCUT2D eigenvalue weighted by Crippen LogP contribution is 2.16. The first-order valence-electron chi connectivity index (χ1n) is 7.68. The van der Waals surface area contributed by atoms with E-state index in [-0.39, 0.29) is 0 Å². The highest BCUT2D eigenvalue weighted by Gasteiger charge is 2.04. The summed E-state index contributed by atoms with van der Waals surface area (Å²) in [6.45, 7) is 4.94. The van der Waals surface area contributed by atoms with Crippen molar-refractivity contribution < 1.29 is 0 Å². The predicted molar refractivity (Wildman–Crippen MR) is 92.6 cm³/mol. The topological polar surface area (TPSA) is 65.6 Å². The number of imidazole rings is 1. The molecule has 5 nitrogen and oxygen atoms in total. The van der Waals surface area contributed by atoms with Crippen LogP contribution in [-0.4, -0.2) is 34.6 Å². The minimum Gasteiger partial charge on any atom is -0.361 e. The molecular formula is C16H21N5S. The van der Waals surface area contributed by atoms with E-state index in [0.717, 1.165) is 60.2 Å². The maximum atomic E-state index is 4.59. The van der Waals surface area contributed by atoms with Crippen LogP contribution in [-0.2, 0) is 12.8 Å². The van der Waals surface area contributed by atoms with Gasteiger partial charge in [0, 0.05) is 31.3 Å². The molecule has 0 unspecified atom stereocenters. The molecule has 0 spiro atoms. The van der Waals surface area contributed by atoms with Crippen molar-refractivity contribution in [3.8, 4) is 0 Å². The number of anilines is 1. The van der Waals surface area contributed by atoms with Gasteiger partial charge in [-0.2, -0.15) is 0 Å². The molecule has 3 N–H and O–H groups in total. The van der Waals surface area contributed by atoms with Crippen LogP contribution in [0.15, 0.2) is 29.6 Å². The first-order chi connectivity index (χ1) is 10.8. The van der Waals surface area contributed by atoms with Crippen LogP contribution in [0.5, 0.6) is 0 Å². The van der Waals surface area contributed by atoms with Gasteiger partial charge in [-0.3, -0.25) is 0 Å². The number of rotatable bonds is 8. The monoisotopic (exact) mass is 315 g/mol. The Morgan fingerprint density at radius 3 is 2.91 bits per heavy atom. The number of nitrogens with zero attached hydrogens (tertiary/aromatic N) is 2. The van der Waals surface area contributed by atoms with E-state index in [1.54, 1.807) is 11.3 Å². The maximum Gasteiger partial charge on any atom is 0.182 e. The summed E-state index contributed by atoms with van der Waals surface area (Å²) in [5.74, 6) is 1.01. The predicted octanol–water partition coefficient (Wildman–Crippen LogP) is 2.83. The second-order valence-corrected chi connectivity index (χ2v) is 5.98. The molecule has 0 aliphatic heterocycles. The number of fused-ring (bicyclic) bond motifs is 1. The number of likely N-dealkylation sites (N-methyl/N-ethyl adjacent to an activating group) is 1. The minimum atomic E-state index is 0.833. The molecule has 0 atom stereocenters. The van der Waals surface area contributed by atoms with Gasteiger partial charge >= 0.3 is 0 Å². The SMILES string of the molecule is CCNCCc1csc(NCCc2nc3ccccc3[nH]2)n1. The quantitative estimate of drug-likeness (QED) is 0.559. The van der Waals surface area contributed by atoms with Crippen molar-refractivity contribution in [2.75, 3.05) is 25.0 Å². The molecule has 2 heterocycles. The summed E-state index contributed by atoms with van der Waals surface area (Å²) < 4.78 is 0. The molecule has 22 heavy (non-hydrogen) atoms. The standard InChI is InChI=1S/C16H21N5S/c1-2-17-9-7-12-11-22-16(19-12)18-10-8-15-20-13-5-3-4-6-14(13)21-15/h3-6,11,17H,2,7-10H2,1H3,(H,18,19)(H,20,21). The smallest absolute Gasteiger partial charge is 0.182 e. The summed E-state index contributed by atoms with van der Waals surface area (Å²) in [4.78, 5) is 12.5. The third-order valence-corrected chi connectivity index (χ3v) is 4.28. The van der Waals surface area contributed by atoms with E-state index < -0.39 is 0 Å². The Hall–Kier alpha value is -1.92. The molecule has 2 aromatic heterocycles. The Morgan fingerprint density at radius 1 is 1.14 bits per heavy atom. The third kappa shape index (κ3) is 3.84. The van der Waals surface area contributed by atoms with E-state index in [4.69, 9.17) is 0 Å². The highest BCUT2D eigenvalue weighted by atomic mass is 32.1. The average molecular weight is 315 g/mol. The molecule has 3 aromatic rings. The number of nitrogens with one attached hydrogen (secondary N) is 3. The summed E-state index contributed by atoms with van der Waals surface area (Å²) in [5.41, 5.74) is 3.27. The molecule has 6 heteroatoms. The van der Waals surface area contributed by atoms with E-state index >= 15 is 0 Å². The van der Waals surface area contributed by atoms with Crippen LogP contribution in [0, 0.1) is 0 Å². The molecule has 0 saturated heterocycles. The fourth-order valence-corrected chi connectivity index (χ4v) is 3.08. The van der Waals surface area contributed by atoms with Gasteiger partial charge in [-0.25, -0.2) is 9.97 Å². The summed E-state index contributed by atoms with van der Waals surface area (Å²) >= 11 is 1.67. The number of hydrogen-bond acceptors (Lipinski definition) is 5. The summed E-state index contributed by atoms with van der Waals surface area (Å²) in [5, 5.41) is 9.80. The summed E-state index contributed by atoms with van der Waals surface area (Å²) in [6, 6.07) is 8.11. The highest BCUT2D eigenvalue weighted by molar-refractivity contribution is 7.13. The van der Waals surface area contributed by atoms with E-state index in [1.165, 1.54) is 0 Å². The van der Waals surface area contributed by atoms with Crippen LogP contribution in [0.25, 0.3) is 11.0 Å². The first-order valence-corrected chi connectivity index (χ1v) is 8.55. The van der Waals surface area contributed by atoms with Crippen LogP contribution in [0.4, 0.5) is 5.13 Å². The second-order valence-electron chi connectivity index (χ2n) is 5.12. The van der Waals surface area contributed by atoms with Gasteiger partial charge < -0.3 is 15.6 Å². The van der Waals surface area contributed by atoms with Crippen molar-refractivity contribution in [1.82, 2.24) is 20.3 Å². The van der Waals surface area contributed by atoms with Crippen molar-refractivity contribution in [3.63, 3.8) is 0 Å². The van der Waals surface area contributed by atoms with Crippen LogP contribution in [0.2, 0.25) is 0 Å². The number of aromatic amines is 1. The zero-order chi connectivity index (χ0) is 15.2. The molecular weight excluding hydrogens is 294 g/mol. The molecule has 0 aliphatic rings. The molecule has 1 aromatic carbocycles. The zero-order valence-corrected chi connectivity index (χ0v) is 13.5. The Morgan fingerprint density at radius 2 is 2.05 bits per heavy atom. The molecule has 0 fully saturated rings. The summed E-state index contributed by atoms with van der Waals surface area (Å²) in [6.07, 6.45) is 1.84. The van der Waals surface area contributed by atoms with Gasteiger partial charge in [0.15, 0.2) is 5.13 Å². The minimum absolute atomic E-state index is 0.833. The van der Waals surface area contributed by atoms with Crippen molar-refractivity contribution in [2.45, 2.75) is 19.8 Å². The molecule has 0 bridgehead atoms. The van der Waals surface area contributed by atoms with Gasteiger partial charge in [-0.15, -0.1) is 11.3 Å². The number of para-hydroxylation sites is 2. The van der Waals surface area contributed by atoms with Crippen LogP contribution in [0.3, 0.4) is 0 Å². The van der Waals surface area contributed by atoms with Gasteiger partial charge in [0.25, 0.3) is 0 Å². The van der Waals surface area contributed by atoms with Crippen LogP contribution >= 0.6 is 11.3 Å². The number of H-pyrrole nitrogens is 1. The second kappa shape index (κ2) is 7.38. The zero-order valence-electron chi connectivity index (χ0n) is 12.7. The number of thiazole rings is 1. The van der Waals surface area contributed by atoms with Gasteiger partial charge in [0.2, 0.25) is 0 Å². The molecule has 3 rings (SSSR count). The lowest BCUT2D eigenvalue weighted by Crippen LogP contribution is -2.16. The largest absolute Gasteiger partial charge is 0.361 e. The van der Waals surface area contributed by atoms with Crippen molar-refractivity contribution in [3.05, 3.63) is 41.2 Å². The van der Waals surface area contributed by atoms with Crippen LogP contribution < -0.4 is 10.6 Å². The Labute approximate surface area is 134 Å². The van der Waals surface area contributed by atoms with Crippen molar-refractivity contribution in [1.29, 1.82) is 0 Å². The lowest BCUT2D eigenvalue weighted by molar-refractivity contribution is 0.710. The van der Waals surface area contributed by atoms with Crippen molar-refractivity contribution in [2.24, 2.45) is 0 Å². The third-order valence-electron chi connectivity index (χ3n) is 3.44. The van der Waals surface area contributed by atoms with E-state index in [2.05, 4.69) is 44.0 Å². The fourth-order valence-electron chi connectivity index (χ4n) is 2.31. The first kappa shape index (κ1) is 15.0. The normalized spacial score (nSPS) is 11.1. The van der Waals surface area contributed by atoms with Gasteiger partial charge in [-0.05, 0) is 18.7 Å². The van der Waals surface area contributed by atoms with Crippen molar-refractivity contribution >= 4 is 27.5 Å². The molecule has 0 amide bonds. The Bertz CT molecular complexity index is 685. The summed E-state index contributed by atoms with van der Waals surface area (Å²) in [7, 11) is 0. The number of aromatic nitrogens is 3. The lowest BCUT2D eigenvalue weighted by Gasteiger charge is -2.00. The van der Waals surface area contributed by atoms with Gasteiger partial charge in [0.05, 0.1) is 16.7 Å². The van der Waals surface area contributed by atoms with Crippen LogP contribution in [0.1, 0.15) is 18.4 Å². The molecule has 0 saturated carbocycles. The van der Waals surface area contributed by atoms with Gasteiger partial charge in [-0.1, -0.05) is 19.1 Å². The average Bonchev–Trinajstić information content (AvgIpc) is 3.14. The Kier molecular flexibility index (Phi) is 5.03. The fraction of sp³-hybridized carbons (Fsp3) is 0.375. The lowest BCUT2D eigenvalue weighted by atomic mass is 10.3. The Balaban J connectivity index is 1.48. The van der Waals surface area contributed by atoms with E-state index in [0.29, 0.717) is 0 Å². The maximum absolute atomic E-state index is 4.59. The van der Waals surface area contributed by atoms with Gasteiger partial charge in [0.1, 0.15) is 5.82 Å². The number of hydrogen-bond donors (Lipinski definition) is 3. The molecule has 0 aliphatic carbocycles. The van der Waals surface area contributed by atoms with E-state index in [1.807, 2.05) is 18.2 Å².